The third-order valence-corrected chi connectivity index (χ3v) is 8.95. The minimum Gasteiger partial charge on any atom is -0.354 e. The van der Waals surface area contributed by atoms with Crippen LogP contribution in [-0.2, 0) is 14.8 Å². The van der Waals surface area contributed by atoms with Gasteiger partial charge in [-0.15, -0.1) is 11.3 Å². The van der Waals surface area contributed by atoms with Crippen molar-refractivity contribution in [3.63, 3.8) is 0 Å². The van der Waals surface area contributed by atoms with E-state index in [9.17, 15) is 13.2 Å². The zero-order valence-electron chi connectivity index (χ0n) is 17.1. The maximum atomic E-state index is 12.4. The predicted molar refractivity (Wildman–Crippen MR) is 121 cm³/mol. The number of hydrogen-bond donors (Lipinski definition) is 1. The molecule has 1 atom stereocenters. The Morgan fingerprint density at radius 1 is 1.23 bits per heavy atom. The summed E-state index contributed by atoms with van der Waals surface area (Å²) in [6, 6.07) is 11.1. The number of nitrogens with one attached hydrogen (secondary N) is 1. The van der Waals surface area contributed by atoms with Crippen LogP contribution in [0.25, 0.3) is 0 Å². The van der Waals surface area contributed by atoms with Crippen LogP contribution in [0.15, 0.2) is 46.0 Å². The van der Waals surface area contributed by atoms with Crippen LogP contribution in [-0.4, -0.2) is 56.8 Å². The van der Waals surface area contributed by atoms with E-state index < -0.39 is 10.0 Å². The van der Waals surface area contributed by atoms with E-state index in [-0.39, 0.29) is 18.4 Å². The molecule has 164 valence electrons. The lowest BCUT2D eigenvalue weighted by molar-refractivity contribution is -0.121. The van der Waals surface area contributed by atoms with Gasteiger partial charge in [-0.1, -0.05) is 35.9 Å². The number of nitrogens with zero attached hydrogens (tertiary/aromatic N) is 2. The Morgan fingerprint density at radius 2 is 1.97 bits per heavy atom. The largest absolute Gasteiger partial charge is 0.354 e. The summed E-state index contributed by atoms with van der Waals surface area (Å²) in [7, 11) is -1.92. The highest BCUT2D eigenvalue weighted by Crippen LogP contribution is 2.29. The molecule has 6 nitrogen and oxygen atoms in total. The number of sulfonamides is 1. The van der Waals surface area contributed by atoms with E-state index in [0.29, 0.717) is 28.7 Å². The quantitative estimate of drug-likeness (QED) is 0.575. The van der Waals surface area contributed by atoms with Crippen LogP contribution in [0.5, 0.6) is 0 Å². The zero-order chi connectivity index (χ0) is 21.6. The lowest BCUT2D eigenvalue weighted by atomic mass is 10.1. The first-order chi connectivity index (χ1) is 14.4. The monoisotopic (exact) mass is 469 g/mol. The predicted octanol–water partition coefficient (Wildman–Crippen LogP) is 3.76. The van der Waals surface area contributed by atoms with E-state index in [2.05, 4.69) is 10.2 Å². The number of thiophene rings is 1. The summed E-state index contributed by atoms with van der Waals surface area (Å²) < 4.78 is 26.5. The Hall–Kier alpha value is -1.45. The van der Waals surface area contributed by atoms with Gasteiger partial charge >= 0.3 is 0 Å². The van der Waals surface area contributed by atoms with E-state index in [1.54, 1.807) is 24.6 Å². The molecular formula is C21H28ClN3O3S2. The van der Waals surface area contributed by atoms with E-state index in [1.807, 2.05) is 24.3 Å². The summed E-state index contributed by atoms with van der Waals surface area (Å²) in [5, 5.41) is 5.47. The number of amides is 1. The fraction of sp³-hybridized carbons (Fsp3) is 0.476. The fourth-order valence-corrected chi connectivity index (χ4v) is 6.35. The first-order valence-electron chi connectivity index (χ1n) is 10.1. The van der Waals surface area contributed by atoms with Gasteiger partial charge in [-0.2, -0.15) is 0 Å². The number of carbonyl (C=O) groups is 1. The summed E-state index contributed by atoms with van der Waals surface area (Å²) in [5.74, 6) is -0.0758. The van der Waals surface area contributed by atoms with Crippen LogP contribution < -0.4 is 5.32 Å². The first-order valence-corrected chi connectivity index (χ1v) is 12.8. The molecule has 0 unspecified atom stereocenters. The number of carbonyl (C=O) groups excluding carboxylic acids is 1. The Balaban J connectivity index is 1.50. The molecule has 0 spiro atoms. The molecule has 1 aliphatic rings. The van der Waals surface area contributed by atoms with Crippen molar-refractivity contribution >= 4 is 38.9 Å². The van der Waals surface area contributed by atoms with Crippen LogP contribution >= 0.6 is 22.9 Å². The average Bonchev–Trinajstić information content (AvgIpc) is 3.44. The first kappa shape index (κ1) is 23.2. The number of likely N-dealkylation sites (tertiary alicyclic amines) is 1. The van der Waals surface area contributed by atoms with Gasteiger partial charge in [-0.25, -0.2) is 12.7 Å². The SMILES string of the molecule is CN(CCCC(=O)NC[C@H](c1ccccc1Cl)N1CCCC1)S(=O)(=O)c1cccs1. The van der Waals surface area contributed by atoms with Crippen LogP contribution in [0, 0.1) is 0 Å². The van der Waals surface area contributed by atoms with Crippen molar-refractivity contribution < 1.29 is 13.2 Å². The standard InChI is InChI=1S/C21H28ClN3O3S2/c1-24(30(27,28)21-11-7-15-29-21)12-6-10-20(26)23-16-19(25-13-4-5-14-25)17-8-2-3-9-18(17)22/h2-3,7-9,11,15,19H,4-6,10,12-14,16H2,1H3,(H,23,26)/t19-/m1/s1. The maximum absolute atomic E-state index is 12.4. The van der Waals surface area contributed by atoms with Gasteiger partial charge in [-0.05, 0) is 55.4 Å². The molecule has 1 fully saturated rings. The number of halogens is 1. The molecule has 1 saturated heterocycles. The van der Waals surface area contributed by atoms with Crippen molar-refractivity contribution in [2.24, 2.45) is 0 Å². The molecule has 0 radical (unpaired) electrons. The van der Waals surface area contributed by atoms with Gasteiger partial charge in [0.05, 0.1) is 6.04 Å². The Morgan fingerprint density at radius 3 is 2.63 bits per heavy atom. The van der Waals surface area contributed by atoms with Gasteiger partial charge in [0.2, 0.25) is 5.91 Å². The van der Waals surface area contributed by atoms with Crippen molar-refractivity contribution in [3.05, 3.63) is 52.4 Å². The topological polar surface area (TPSA) is 69.7 Å². The van der Waals surface area contributed by atoms with Crippen LogP contribution in [0.1, 0.15) is 37.3 Å². The molecule has 0 bridgehead atoms. The molecule has 2 heterocycles. The van der Waals surface area contributed by atoms with Crippen molar-refractivity contribution in [1.29, 1.82) is 0 Å². The van der Waals surface area contributed by atoms with E-state index in [4.69, 9.17) is 11.6 Å². The van der Waals surface area contributed by atoms with Crippen LogP contribution in [0.2, 0.25) is 5.02 Å². The lowest BCUT2D eigenvalue weighted by Gasteiger charge is -2.29. The van der Waals surface area contributed by atoms with Gasteiger partial charge in [-0.3, -0.25) is 9.69 Å². The molecule has 1 aromatic heterocycles. The van der Waals surface area contributed by atoms with Crippen molar-refractivity contribution in [2.75, 3.05) is 33.2 Å². The highest BCUT2D eigenvalue weighted by Gasteiger charge is 2.26. The lowest BCUT2D eigenvalue weighted by Crippen LogP contribution is -2.37. The normalized spacial score (nSPS) is 16.1. The molecular weight excluding hydrogens is 442 g/mol. The molecule has 1 aromatic carbocycles. The van der Waals surface area contributed by atoms with Gasteiger partial charge in [0.15, 0.2) is 0 Å². The minimum absolute atomic E-state index is 0.0482. The Bertz CT molecular complexity index is 929. The second-order valence-electron chi connectivity index (χ2n) is 7.45. The zero-order valence-corrected chi connectivity index (χ0v) is 19.5. The minimum atomic E-state index is -3.47. The molecule has 0 saturated carbocycles. The fourth-order valence-electron chi connectivity index (χ4n) is 3.68. The van der Waals surface area contributed by atoms with Gasteiger partial charge < -0.3 is 5.32 Å². The summed E-state index contributed by atoms with van der Waals surface area (Å²) >= 11 is 7.61. The molecule has 2 aromatic rings. The highest BCUT2D eigenvalue weighted by molar-refractivity contribution is 7.91. The third kappa shape index (κ3) is 5.82. The molecule has 1 aliphatic heterocycles. The Kier molecular flexibility index (Phi) is 8.30. The molecule has 1 amide bonds. The van der Waals surface area contributed by atoms with Gasteiger partial charge in [0.1, 0.15) is 4.21 Å². The number of benzene rings is 1. The molecule has 30 heavy (non-hydrogen) atoms. The van der Waals surface area contributed by atoms with Crippen LogP contribution in [0.4, 0.5) is 0 Å². The average molecular weight is 470 g/mol. The molecule has 0 aliphatic carbocycles. The second-order valence-corrected chi connectivity index (χ2v) is 11.1. The van der Waals surface area contributed by atoms with E-state index in [0.717, 1.165) is 31.5 Å². The third-order valence-electron chi connectivity index (χ3n) is 5.37. The number of rotatable bonds is 10. The van der Waals surface area contributed by atoms with Gasteiger partial charge in [0.25, 0.3) is 10.0 Å². The van der Waals surface area contributed by atoms with Crippen molar-refractivity contribution in [1.82, 2.24) is 14.5 Å². The summed E-state index contributed by atoms with van der Waals surface area (Å²) in [6.07, 6.45) is 3.05. The summed E-state index contributed by atoms with van der Waals surface area (Å²) in [6.45, 7) is 2.79. The smallest absolute Gasteiger partial charge is 0.252 e. The van der Waals surface area contributed by atoms with E-state index >= 15 is 0 Å². The molecule has 3 rings (SSSR count). The highest BCUT2D eigenvalue weighted by atomic mass is 35.5. The molecule has 1 N–H and O–H groups in total. The van der Waals surface area contributed by atoms with Crippen molar-refractivity contribution in [3.8, 4) is 0 Å². The molecule has 9 heteroatoms. The van der Waals surface area contributed by atoms with Gasteiger partial charge in [0, 0.05) is 31.6 Å². The van der Waals surface area contributed by atoms with Crippen molar-refractivity contribution in [2.45, 2.75) is 35.9 Å². The second kappa shape index (κ2) is 10.7. The summed E-state index contributed by atoms with van der Waals surface area (Å²) in [5.41, 5.74) is 1.03. The van der Waals surface area contributed by atoms with Crippen LogP contribution in [0.3, 0.4) is 0 Å². The summed E-state index contributed by atoms with van der Waals surface area (Å²) in [4.78, 5) is 14.8. The van der Waals surface area contributed by atoms with E-state index in [1.165, 1.54) is 15.6 Å². The number of hydrogen-bond acceptors (Lipinski definition) is 5. The Labute approximate surface area is 187 Å². The maximum Gasteiger partial charge on any atom is 0.252 e.